The van der Waals surface area contributed by atoms with Crippen LogP contribution in [0.3, 0.4) is 0 Å². The lowest BCUT2D eigenvalue weighted by Crippen LogP contribution is -2.23. The minimum absolute atomic E-state index is 0.0182. The predicted octanol–water partition coefficient (Wildman–Crippen LogP) is 1.88. The van der Waals surface area contributed by atoms with Crippen molar-refractivity contribution >= 4 is 11.0 Å². The molecule has 0 amide bonds. The highest BCUT2D eigenvalue weighted by molar-refractivity contribution is 5.76. The first kappa shape index (κ1) is 12.7. The quantitative estimate of drug-likeness (QED) is 0.788. The van der Waals surface area contributed by atoms with E-state index in [9.17, 15) is 9.90 Å². The van der Waals surface area contributed by atoms with E-state index >= 15 is 0 Å². The van der Waals surface area contributed by atoms with Gasteiger partial charge in [-0.2, -0.15) is 0 Å². The van der Waals surface area contributed by atoms with Crippen molar-refractivity contribution in [2.24, 2.45) is 7.05 Å². The molecule has 0 aliphatic heterocycles. The molecule has 0 aliphatic carbocycles. The van der Waals surface area contributed by atoms with Gasteiger partial charge in [-0.3, -0.25) is 9.13 Å². The first-order valence-electron chi connectivity index (χ1n) is 6.54. The topological polar surface area (TPSA) is 47.2 Å². The van der Waals surface area contributed by atoms with Crippen LogP contribution in [0.2, 0.25) is 0 Å². The third kappa shape index (κ3) is 1.94. The normalized spacial score (nSPS) is 11.1. The molecule has 102 valence electrons. The summed E-state index contributed by atoms with van der Waals surface area (Å²) < 4.78 is 3.39. The van der Waals surface area contributed by atoms with Gasteiger partial charge in [-0.25, -0.2) is 4.79 Å². The fourth-order valence-electron chi connectivity index (χ4n) is 2.55. The van der Waals surface area contributed by atoms with E-state index in [-0.39, 0.29) is 12.3 Å². The van der Waals surface area contributed by atoms with Crippen LogP contribution in [-0.2, 0) is 20.2 Å². The number of fused-ring (bicyclic) bond motifs is 1. The monoisotopic (exact) mass is 268 g/mol. The third-order valence-corrected chi connectivity index (χ3v) is 3.67. The Labute approximate surface area is 116 Å². The first-order chi connectivity index (χ1) is 9.72. The van der Waals surface area contributed by atoms with Crippen LogP contribution in [0.4, 0.5) is 0 Å². The minimum Gasteiger partial charge on any atom is -0.392 e. The molecule has 1 N–H and O–H groups in total. The zero-order valence-electron chi connectivity index (χ0n) is 11.3. The summed E-state index contributed by atoms with van der Waals surface area (Å²) in [6.45, 7) is 0.451. The Morgan fingerprint density at radius 2 is 1.55 bits per heavy atom. The van der Waals surface area contributed by atoms with Crippen molar-refractivity contribution in [3.63, 3.8) is 0 Å². The van der Waals surface area contributed by atoms with Crippen molar-refractivity contribution in [2.45, 2.75) is 13.2 Å². The number of aromatic nitrogens is 2. The lowest BCUT2D eigenvalue weighted by molar-refractivity contribution is 0.280. The Bertz CT molecular complexity index is 815. The summed E-state index contributed by atoms with van der Waals surface area (Å²) in [5.41, 5.74) is 3.60. The molecule has 0 spiro atoms. The summed E-state index contributed by atoms with van der Waals surface area (Å²) in [5.74, 6) is 0. The van der Waals surface area contributed by atoms with Gasteiger partial charge in [-0.1, -0.05) is 36.4 Å². The van der Waals surface area contributed by atoms with Gasteiger partial charge in [0.05, 0.1) is 24.2 Å². The summed E-state index contributed by atoms with van der Waals surface area (Å²) >= 11 is 0. The van der Waals surface area contributed by atoms with Gasteiger partial charge >= 0.3 is 5.69 Å². The molecule has 0 radical (unpaired) electrons. The predicted molar refractivity (Wildman–Crippen MR) is 78.6 cm³/mol. The summed E-state index contributed by atoms with van der Waals surface area (Å²) in [6, 6.07) is 15.4. The number of rotatable bonds is 3. The molecule has 4 heteroatoms. The third-order valence-electron chi connectivity index (χ3n) is 3.67. The molecular weight excluding hydrogens is 252 g/mol. The highest BCUT2D eigenvalue weighted by atomic mass is 16.3. The number of aliphatic hydroxyl groups excluding tert-OH is 1. The molecule has 0 saturated carbocycles. The van der Waals surface area contributed by atoms with Crippen LogP contribution in [0.1, 0.15) is 11.1 Å². The van der Waals surface area contributed by atoms with E-state index in [0.717, 1.165) is 22.2 Å². The Hall–Kier alpha value is -2.33. The van der Waals surface area contributed by atoms with Crippen LogP contribution < -0.4 is 5.69 Å². The number of benzene rings is 2. The molecule has 0 aliphatic rings. The maximum atomic E-state index is 12.4. The van der Waals surface area contributed by atoms with Crippen LogP contribution in [0.5, 0.6) is 0 Å². The molecule has 0 atom stereocenters. The zero-order valence-corrected chi connectivity index (χ0v) is 11.3. The van der Waals surface area contributed by atoms with Gasteiger partial charge in [0.2, 0.25) is 0 Å². The zero-order chi connectivity index (χ0) is 14.1. The average Bonchev–Trinajstić information content (AvgIpc) is 2.73. The average molecular weight is 268 g/mol. The van der Waals surface area contributed by atoms with E-state index in [1.807, 2.05) is 48.5 Å². The van der Waals surface area contributed by atoms with E-state index in [2.05, 4.69) is 0 Å². The molecule has 0 bridgehead atoms. The van der Waals surface area contributed by atoms with Crippen molar-refractivity contribution < 1.29 is 5.11 Å². The van der Waals surface area contributed by atoms with Crippen molar-refractivity contribution in [2.75, 3.05) is 0 Å². The highest BCUT2D eigenvalue weighted by Gasteiger charge is 2.11. The standard InChI is InChI=1S/C16H16N2O2/c1-17-14-8-4-5-9-15(14)18(16(17)20)10-12-6-2-3-7-13(12)11-19/h2-9,19H,10-11H2,1H3. The molecule has 1 aromatic heterocycles. The number of aryl methyl sites for hydroxylation is 1. The summed E-state index contributed by atoms with van der Waals surface area (Å²) in [5, 5.41) is 9.39. The van der Waals surface area contributed by atoms with Crippen molar-refractivity contribution in [1.29, 1.82) is 0 Å². The largest absolute Gasteiger partial charge is 0.392 e. The second-order valence-electron chi connectivity index (χ2n) is 4.84. The molecule has 3 rings (SSSR count). The number of para-hydroxylation sites is 2. The van der Waals surface area contributed by atoms with E-state index in [4.69, 9.17) is 0 Å². The number of imidazole rings is 1. The summed E-state index contributed by atoms with van der Waals surface area (Å²) in [4.78, 5) is 12.4. The van der Waals surface area contributed by atoms with Crippen LogP contribution in [0.15, 0.2) is 53.3 Å². The van der Waals surface area contributed by atoms with E-state index in [0.29, 0.717) is 6.54 Å². The van der Waals surface area contributed by atoms with Crippen molar-refractivity contribution in [1.82, 2.24) is 9.13 Å². The highest BCUT2D eigenvalue weighted by Crippen LogP contribution is 2.15. The molecule has 0 unspecified atom stereocenters. The van der Waals surface area contributed by atoms with E-state index < -0.39 is 0 Å². The molecular formula is C16H16N2O2. The second kappa shape index (κ2) is 4.98. The van der Waals surface area contributed by atoms with Gasteiger partial charge in [0, 0.05) is 7.05 Å². The fraction of sp³-hybridized carbons (Fsp3) is 0.188. The Morgan fingerprint density at radius 1 is 0.950 bits per heavy atom. The van der Waals surface area contributed by atoms with Gasteiger partial charge in [0.15, 0.2) is 0 Å². The number of nitrogens with zero attached hydrogens (tertiary/aromatic N) is 2. The summed E-state index contributed by atoms with van der Waals surface area (Å²) in [7, 11) is 1.78. The van der Waals surface area contributed by atoms with Crippen molar-refractivity contribution in [3.05, 3.63) is 70.1 Å². The van der Waals surface area contributed by atoms with Gasteiger partial charge in [0.1, 0.15) is 0 Å². The molecule has 4 nitrogen and oxygen atoms in total. The molecule has 3 aromatic rings. The fourth-order valence-corrected chi connectivity index (χ4v) is 2.55. The lowest BCUT2D eigenvalue weighted by atomic mass is 10.1. The van der Waals surface area contributed by atoms with E-state index in [1.54, 1.807) is 16.2 Å². The maximum Gasteiger partial charge on any atom is 0.329 e. The molecule has 20 heavy (non-hydrogen) atoms. The SMILES string of the molecule is Cn1c(=O)n(Cc2ccccc2CO)c2ccccc21. The van der Waals surface area contributed by atoms with Gasteiger partial charge < -0.3 is 5.11 Å². The Balaban J connectivity index is 2.16. The van der Waals surface area contributed by atoms with Gasteiger partial charge in [0.25, 0.3) is 0 Å². The molecule has 0 saturated heterocycles. The van der Waals surface area contributed by atoms with Crippen LogP contribution >= 0.6 is 0 Å². The molecule has 2 aromatic carbocycles. The van der Waals surface area contributed by atoms with Crippen LogP contribution in [-0.4, -0.2) is 14.2 Å². The van der Waals surface area contributed by atoms with Crippen molar-refractivity contribution in [3.8, 4) is 0 Å². The van der Waals surface area contributed by atoms with Crippen LogP contribution in [0, 0.1) is 0 Å². The number of aliphatic hydroxyl groups is 1. The Morgan fingerprint density at radius 3 is 2.25 bits per heavy atom. The number of hydrogen-bond donors (Lipinski definition) is 1. The van der Waals surface area contributed by atoms with E-state index in [1.165, 1.54) is 0 Å². The number of hydrogen-bond acceptors (Lipinski definition) is 2. The maximum absolute atomic E-state index is 12.4. The Kier molecular flexibility index (Phi) is 3.16. The molecule has 0 fully saturated rings. The second-order valence-corrected chi connectivity index (χ2v) is 4.84. The lowest BCUT2D eigenvalue weighted by Gasteiger charge is -2.08. The molecule has 1 heterocycles. The minimum atomic E-state index is -0.0426. The van der Waals surface area contributed by atoms with Crippen LogP contribution in [0.25, 0.3) is 11.0 Å². The van der Waals surface area contributed by atoms with Gasteiger partial charge in [-0.15, -0.1) is 0 Å². The smallest absolute Gasteiger partial charge is 0.329 e. The van der Waals surface area contributed by atoms with Gasteiger partial charge in [-0.05, 0) is 23.3 Å². The first-order valence-corrected chi connectivity index (χ1v) is 6.54. The summed E-state index contributed by atoms with van der Waals surface area (Å²) in [6.07, 6.45) is 0.